The van der Waals surface area contributed by atoms with Crippen molar-refractivity contribution in [2.45, 2.75) is 116 Å². The average Bonchev–Trinajstić information content (AvgIpc) is 2.73. The molecule has 0 aliphatic heterocycles. The zero-order valence-electron chi connectivity index (χ0n) is 21.5. The van der Waals surface area contributed by atoms with Crippen LogP contribution in [-0.4, -0.2) is 58.8 Å². The molecular weight excluding hydrogens is 434 g/mol. The van der Waals surface area contributed by atoms with E-state index in [0.29, 0.717) is 6.42 Å². The lowest BCUT2D eigenvalue weighted by atomic mass is 10.0. The van der Waals surface area contributed by atoms with Crippen molar-refractivity contribution in [2.75, 3.05) is 26.2 Å². The molecule has 0 spiro atoms. The summed E-state index contributed by atoms with van der Waals surface area (Å²) in [4.78, 5) is 33.4. The number of carboxylic acid groups (broad SMARTS) is 3. The van der Waals surface area contributed by atoms with E-state index in [2.05, 4.69) is 19.1 Å². The molecule has 0 aliphatic carbocycles. The molecule has 0 aromatic heterocycles. The van der Waals surface area contributed by atoms with Gasteiger partial charge in [-0.15, -0.1) is 0 Å². The molecule has 0 saturated heterocycles. The van der Waals surface area contributed by atoms with E-state index in [0.717, 1.165) is 25.7 Å². The van der Waals surface area contributed by atoms with Gasteiger partial charge >= 0.3 is 11.9 Å². The minimum Gasteiger partial charge on any atom is -0.544 e. The highest BCUT2D eigenvalue weighted by atomic mass is 16.4. The third-order valence-electron chi connectivity index (χ3n) is 6.31. The zero-order chi connectivity index (χ0) is 25.5. The van der Waals surface area contributed by atoms with Gasteiger partial charge in [-0.05, 0) is 32.1 Å². The van der Waals surface area contributed by atoms with Crippen molar-refractivity contribution in [2.24, 2.45) is 0 Å². The SMILES string of the molecule is CC/C=C/CCCCCCCCCCCCCCCCC[N+](CC(=O)[O-])(CC(=O)O)CC(=O)O. The van der Waals surface area contributed by atoms with Crippen molar-refractivity contribution in [3.63, 3.8) is 0 Å². The molecule has 0 saturated carbocycles. The quantitative estimate of drug-likeness (QED) is 0.108. The van der Waals surface area contributed by atoms with Crippen LogP contribution in [0.2, 0.25) is 0 Å². The van der Waals surface area contributed by atoms with Crippen LogP contribution in [0.4, 0.5) is 0 Å². The first-order valence-corrected chi connectivity index (χ1v) is 13.4. The number of aliphatic carboxylic acids is 3. The van der Waals surface area contributed by atoms with E-state index in [1.54, 1.807) is 0 Å². The zero-order valence-corrected chi connectivity index (χ0v) is 21.5. The van der Waals surface area contributed by atoms with Gasteiger partial charge < -0.3 is 24.6 Å². The maximum Gasteiger partial charge on any atom is 0.359 e. The number of carbonyl (C=O) groups is 3. The Balaban J connectivity index is 3.71. The molecule has 0 unspecified atom stereocenters. The summed E-state index contributed by atoms with van der Waals surface area (Å²) in [6.45, 7) is 0.776. The lowest BCUT2D eigenvalue weighted by Gasteiger charge is -2.36. The summed E-state index contributed by atoms with van der Waals surface area (Å²) >= 11 is 0. The maximum absolute atomic E-state index is 11.2. The Morgan fingerprint density at radius 1 is 0.618 bits per heavy atom. The van der Waals surface area contributed by atoms with Crippen molar-refractivity contribution < 1.29 is 34.2 Å². The van der Waals surface area contributed by atoms with Gasteiger partial charge in [0.2, 0.25) is 0 Å². The van der Waals surface area contributed by atoms with Crippen molar-refractivity contribution in [3.05, 3.63) is 12.2 Å². The second kappa shape index (κ2) is 21.6. The molecule has 0 fully saturated rings. The topological polar surface area (TPSA) is 115 Å². The third kappa shape index (κ3) is 20.7. The molecule has 0 bridgehead atoms. The van der Waals surface area contributed by atoms with E-state index in [1.165, 1.54) is 77.0 Å². The highest BCUT2D eigenvalue weighted by Gasteiger charge is 2.33. The Hall–Kier alpha value is -1.89. The van der Waals surface area contributed by atoms with E-state index in [4.69, 9.17) is 10.2 Å². The molecule has 0 aromatic carbocycles. The highest BCUT2D eigenvalue weighted by molar-refractivity contribution is 5.72. The van der Waals surface area contributed by atoms with E-state index in [-0.39, 0.29) is 6.54 Å². The molecule has 0 amide bonds. The van der Waals surface area contributed by atoms with E-state index < -0.39 is 42.0 Å². The summed E-state index contributed by atoms with van der Waals surface area (Å²) < 4.78 is -0.497. The molecule has 0 radical (unpaired) electrons. The lowest BCUT2D eigenvalue weighted by molar-refractivity contribution is -0.909. The number of rotatable bonds is 25. The Morgan fingerprint density at radius 2 is 1.00 bits per heavy atom. The van der Waals surface area contributed by atoms with E-state index in [1.807, 2.05) is 0 Å². The van der Waals surface area contributed by atoms with Gasteiger partial charge in [0.15, 0.2) is 13.1 Å². The number of carboxylic acids is 3. The van der Waals surface area contributed by atoms with E-state index >= 15 is 0 Å². The number of quaternary nitrogens is 1. The Labute approximate surface area is 206 Å². The predicted octanol–water partition coefficient (Wildman–Crippen LogP) is 4.93. The average molecular weight is 484 g/mol. The van der Waals surface area contributed by atoms with Crippen molar-refractivity contribution in [1.82, 2.24) is 0 Å². The number of hydrogen-bond donors (Lipinski definition) is 2. The third-order valence-corrected chi connectivity index (χ3v) is 6.31. The summed E-state index contributed by atoms with van der Waals surface area (Å²) in [6, 6.07) is 0. The van der Waals surface area contributed by atoms with Crippen LogP contribution in [0.5, 0.6) is 0 Å². The summed E-state index contributed by atoms with van der Waals surface area (Å²) in [5.41, 5.74) is 0. The molecule has 7 nitrogen and oxygen atoms in total. The first-order valence-electron chi connectivity index (χ1n) is 13.4. The van der Waals surface area contributed by atoms with Crippen LogP contribution in [0.3, 0.4) is 0 Å². The van der Waals surface area contributed by atoms with Crippen molar-refractivity contribution >= 4 is 17.9 Å². The molecule has 7 heteroatoms. The van der Waals surface area contributed by atoms with Gasteiger partial charge in [0.05, 0.1) is 12.5 Å². The number of unbranched alkanes of at least 4 members (excludes halogenated alkanes) is 15. The Morgan fingerprint density at radius 3 is 1.35 bits per heavy atom. The first kappa shape index (κ1) is 32.1. The molecule has 0 rings (SSSR count). The predicted molar refractivity (Wildman–Crippen MR) is 133 cm³/mol. The van der Waals surface area contributed by atoms with Crippen LogP contribution >= 0.6 is 0 Å². The number of allylic oxidation sites excluding steroid dienone is 2. The lowest BCUT2D eigenvalue weighted by Crippen LogP contribution is -2.59. The minimum atomic E-state index is -1.42. The monoisotopic (exact) mass is 483 g/mol. The number of carbonyl (C=O) groups excluding carboxylic acids is 1. The van der Waals surface area contributed by atoms with Crippen LogP contribution < -0.4 is 5.11 Å². The van der Waals surface area contributed by atoms with Gasteiger partial charge in [-0.1, -0.05) is 96.1 Å². The normalized spacial score (nSPS) is 11.8. The van der Waals surface area contributed by atoms with Gasteiger partial charge in [-0.25, -0.2) is 9.59 Å². The summed E-state index contributed by atoms with van der Waals surface area (Å²) in [7, 11) is 0. The van der Waals surface area contributed by atoms with Gasteiger partial charge in [0.1, 0.15) is 6.54 Å². The van der Waals surface area contributed by atoms with Gasteiger partial charge in [-0.3, -0.25) is 0 Å². The molecule has 34 heavy (non-hydrogen) atoms. The Bertz CT molecular complexity index is 535. The fourth-order valence-corrected chi connectivity index (χ4v) is 4.54. The minimum absolute atomic E-state index is 0.225. The standard InChI is InChI=1S/C27H49NO6/c1-2-3-4-5-6-7-8-9-10-11-12-13-14-15-16-17-18-19-20-21-28(22-25(29)30,23-26(31)32)24-27(33)34/h3-4H,2,5-24H2,1H3,(H2-,29,30,31,32,33,34)/b4-3+. The van der Waals surface area contributed by atoms with Crippen molar-refractivity contribution in [3.8, 4) is 0 Å². The van der Waals surface area contributed by atoms with Crippen LogP contribution in [0.1, 0.15) is 116 Å². The molecule has 0 aromatic rings. The molecule has 2 N–H and O–H groups in total. The highest BCUT2D eigenvalue weighted by Crippen LogP contribution is 2.15. The van der Waals surface area contributed by atoms with Crippen LogP contribution in [0.25, 0.3) is 0 Å². The smallest absolute Gasteiger partial charge is 0.359 e. The number of nitrogens with zero attached hydrogens (tertiary/aromatic N) is 1. The first-order chi connectivity index (χ1) is 16.3. The largest absolute Gasteiger partial charge is 0.544 e. The Kier molecular flexibility index (Phi) is 20.4. The fourth-order valence-electron chi connectivity index (χ4n) is 4.54. The van der Waals surface area contributed by atoms with Crippen molar-refractivity contribution in [1.29, 1.82) is 0 Å². The summed E-state index contributed by atoms with van der Waals surface area (Å²) in [5.74, 6) is -3.81. The van der Waals surface area contributed by atoms with Crippen LogP contribution in [0.15, 0.2) is 12.2 Å². The van der Waals surface area contributed by atoms with Crippen LogP contribution in [-0.2, 0) is 14.4 Å². The fraction of sp³-hybridized carbons (Fsp3) is 0.815. The van der Waals surface area contributed by atoms with Crippen LogP contribution in [0, 0.1) is 0 Å². The second-order valence-electron chi connectivity index (χ2n) is 9.67. The molecule has 0 aliphatic rings. The van der Waals surface area contributed by atoms with Gasteiger partial charge in [0, 0.05) is 0 Å². The summed E-state index contributed by atoms with van der Waals surface area (Å²) in [5, 5.41) is 29.3. The van der Waals surface area contributed by atoms with Gasteiger partial charge in [-0.2, -0.15) is 0 Å². The molecule has 0 atom stereocenters. The second-order valence-corrected chi connectivity index (χ2v) is 9.67. The summed E-state index contributed by atoms with van der Waals surface area (Å²) in [6.07, 6.45) is 24.9. The van der Waals surface area contributed by atoms with E-state index in [9.17, 15) is 19.5 Å². The molecule has 198 valence electrons. The number of hydrogen-bond acceptors (Lipinski definition) is 4. The molecule has 0 heterocycles. The maximum atomic E-state index is 11.2. The molecular formula is C27H49NO6. The van der Waals surface area contributed by atoms with Gasteiger partial charge in [0.25, 0.3) is 0 Å².